The maximum absolute atomic E-state index is 12.7. The molecule has 0 heterocycles. The summed E-state index contributed by atoms with van der Waals surface area (Å²) in [6, 6.07) is 6.57. The van der Waals surface area contributed by atoms with Gasteiger partial charge in [-0.15, -0.1) is 0 Å². The van der Waals surface area contributed by atoms with Gasteiger partial charge in [0.2, 0.25) is 0 Å². The molecule has 0 fully saturated rings. The molecule has 0 aliphatic carbocycles. The summed E-state index contributed by atoms with van der Waals surface area (Å²) in [6.07, 6.45) is -3.54. The molecule has 2 nitrogen and oxygen atoms in total. The lowest BCUT2D eigenvalue weighted by molar-refractivity contribution is -0.120. The summed E-state index contributed by atoms with van der Waals surface area (Å²) in [5.41, 5.74) is 7.33. The zero-order valence-corrected chi connectivity index (χ0v) is 11.5. The van der Waals surface area contributed by atoms with Crippen LogP contribution in [-0.2, 0) is 0 Å². The van der Waals surface area contributed by atoms with Crippen molar-refractivity contribution >= 4 is 5.69 Å². The van der Waals surface area contributed by atoms with Gasteiger partial charge in [0.1, 0.15) is 6.54 Å². The summed E-state index contributed by atoms with van der Waals surface area (Å²) in [6.45, 7) is 4.46. The van der Waals surface area contributed by atoms with Crippen LogP contribution < -0.4 is 10.6 Å². The number of nitrogens with zero attached hydrogens (tertiary/aromatic N) is 1. The third-order valence-corrected chi connectivity index (χ3v) is 3.06. The lowest BCUT2D eigenvalue weighted by atomic mass is 10.0. The van der Waals surface area contributed by atoms with Crippen LogP contribution in [0.5, 0.6) is 0 Å². The Hall–Kier alpha value is -1.23. The molecule has 19 heavy (non-hydrogen) atoms. The molecule has 0 aromatic heterocycles. The highest BCUT2D eigenvalue weighted by Crippen LogP contribution is 2.30. The first-order valence-electron chi connectivity index (χ1n) is 6.44. The van der Waals surface area contributed by atoms with Gasteiger partial charge in [0.05, 0.1) is 0 Å². The maximum atomic E-state index is 12.7. The molecule has 0 spiro atoms. The van der Waals surface area contributed by atoms with Crippen LogP contribution in [0.15, 0.2) is 24.3 Å². The highest BCUT2D eigenvalue weighted by atomic mass is 19.4. The summed E-state index contributed by atoms with van der Waals surface area (Å²) < 4.78 is 38.1. The molecule has 1 atom stereocenters. The molecule has 1 rings (SSSR count). The summed E-state index contributed by atoms with van der Waals surface area (Å²) in [5, 5.41) is 0. The number of para-hydroxylation sites is 1. The first kappa shape index (κ1) is 15.8. The second-order valence-corrected chi connectivity index (χ2v) is 4.91. The smallest absolute Gasteiger partial charge is 0.360 e. The molecule has 1 aromatic carbocycles. The summed E-state index contributed by atoms with van der Waals surface area (Å²) >= 11 is 0. The fourth-order valence-electron chi connectivity index (χ4n) is 2.02. The first-order chi connectivity index (χ1) is 8.76. The first-order valence-corrected chi connectivity index (χ1v) is 6.44. The van der Waals surface area contributed by atoms with Crippen LogP contribution in [0.25, 0.3) is 0 Å². The van der Waals surface area contributed by atoms with Crippen molar-refractivity contribution in [1.82, 2.24) is 0 Å². The Morgan fingerprint density at radius 3 is 2.26 bits per heavy atom. The van der Waals surface area contributed by atoms with E-state index in [2.05, 4.69) is 0 Å². The van der Waals surface area contributed by atoms with Crippen molar-refractivity contribution in [1.29, 1.82) is 0 Å². The highest BCUT2D eigenvalue weighted by molar-refractivity contribution is 5.55. The lowest BCUT2D eigenvalue weighted by Gasteiger charge is -2.32. The molecule has 0 aliphatic rings. The Morgan fingerprint density at radius 2 is 1.79 bits per heavy atom. The monoisotopic (exact) mass is 274 g/mol. The second kappa shape index (κ2) is 6.28. The minimum Gasteiger partial charge on any atom is -0.360 e. The molecule has 0 bridgehead atoms. The molecule has 108 valence electrons. The van der Waals surface area contributed by atoms with E-state index in [0.717, 1.165) is 5.56 Å². The van der Waals surface area contributed by atoms with Crippen molar-refractivity contribution in [2.45, 2.75) is 45.5 Å². The largest absolute Gasteiger partial charge is 0.405 e. The van der Waals surface area contributed by atoms with Crippen molar-refractivity contribution in [2.75, 3.05) is 11.4 Å². The van der Waals surface area contributed by atoms with Crippen LogP contribution >= 0.6 is 0 Å². The van der Waals surface area contributed by atoms with Gasteiger partial charge < -0.3 is 10.6 Å². The maximum Gasteiger partial charge on any atom is 0.405 e. The molecular formula is C14H21F3N2. The number of halogens is 3. The van der Waals surface area contributed by atoms with E-state index in [1.807, 2.05) is 6.92 Å². The molecule has 0 aliphatic heterocycles. The van der Waals surface area contributed by atoms with Crippen LogP contribution in [0.2, 0.25) is 0 Å². The van der Waals surface area contributed by atoms with Gasteiger partial charge in [-0.1, -0.05) is 25.1 Å². The summed E-state index contributed by atoms with van der Waals surface area (Å²) in [7, 11) is 0. The Morgan fingerprint density at radius 1 is 1.21 bits per heavy atom. The van der Waals surface area contributed by atoms with Crippen molar-refractivity contribution in [3.63, 3.8) is 0 Å². The van der Waals surface area contributed by atoms with E-state index in [0.29, 0.717) is 12.1 Å². The van der Waals surface area contributed by atoms with Crippen LogP contribution in [0.4, 0.5) is 18.9 Å². The van der Waals surface area contributed by atoms with E-state index in [9.17, 15) is 13.2 Å². The lowest BCUT2D eigenvalue weighted by Crippen LogP contribution is -2.40. The molecular weight excluding hydrogens is 253 g/mol. The fourth-order valence-corrected chi connectivity index (χ4v) is 2.02. The van der Waals surface area contributed by atoms with E-state index in [1.165, 1.54) is 4.90 Å². The van der Waals surface area contributed by atoms with E-state index in [4.69, 9.17) is 5.73 Å². The molecule has 2 N–H and O–H groups in total. The Labute approximate surface area is 112 Å². The topological polar surface area (TPSA) is 29.3 Å². The number of alkyl halides is 3. The van der Waals surface area contributed by atoms with Gasteiger partial charge in [-0.2, -0.15) is 13.2 Å². The second-order valence-electron chi connectivity index (χ2n) is 4.91. The number of rotatable bonds is 5. The Balaban J connectivity index is 3.16. The summed E-state index contributed by atoms with van der Waals surface area (Å²) in [4.78, 5) is 1.35. The van der Waals surface area contributed by atoms with Gasteiger partial charge in [-0.25, -0.2) is 0 Å². The fraction of sp³-hybridized carbons (Fsp3) is 0.571. The number of anilines is 1. The van der Waals surface area contributed by atoms with Gasteiger partial charge in [0.25, 0.3) is 0 Å². The highest BCUT2D eigenvalue weighted by Gasteiger charge is 2.33. The molecule has 5 heteroatoms. The van der Waals surface area contributed by atoms with Gasteiger partial charge in [-0.3, -0.25) is 0 Å². The molecule has 1 aromatic rings. The van der Waals surface area contributed by atoms with Crippen LogP contribution in [0, 0.1) is 0 Å². The Bertz CT molecular complexity index is 402. The molecule has 0 radical (unpaired) electrons. The average Bonchev–Trinajstić information content (AvgIpc) is 2.33. The molecule has 0 saturated carbocycles. The predicted molar refractivity (Wildman–Crippen MR) is 72.2 cm³/mol. The van der Waals surface area contributed by atoms with E-state index < -0.39 is 12.7 Å². The minimum atomic E-state index is -4.23. The quantitative estimate of drug-likeness (QED) is 0.883. The van der Waals surface area contributed by atoms with Crippen LogP contribution in [-0.4, -0.2) is 18.8 Å². The number of benzene rings is 1. The molecule has 0 amide bonds. The molecule has 0 saturated heterocycles. The van der Waals surface area contributed by atoms with Crippen LogP contribution in [0.1, 0.15) is 38.8 Å². The normalized spacial score (nSPS) is 13.7. The predicted octanol–water partition coefficient (Wildman–Crippen LogP) is 3.87. The van der Waals surface area contributed by atoms with E-state index in [1.54, 1.807) is 38.1 Å². The van der Waals surface area contributed by atoms with Gasteiger partial charge in [0, 0.05) is 17.8 Å². The van der Waals surface area contributed by atoms with Crippen molar-refractivity contribution in [3.8, 4) is 0 Å². The standard InChI is InChI=1S/C14H21F3N2/c1-4-12(18)11-7-5-6-8-13(11)19(10(2)3)9-14(15,16)17/h5-8,10,12H,4,9,18H2,1-3H3/t12-/m0/s1. The number of hydrogen-bond donors (Lipinski definition) is 1. The third-order valence-electron chi connectivity index (χ3n) is 3.06. The summed E-state index contributed by atoms with van der Waals surface area (Å²) in [5.74, 6) is 0. The number of hydrogen-bond acceptors (Lipinski definition) is 2. The average molecular weight is 274 g/mol. The third kappa shape index (κ3) is 4.42. The van der Waals surface area contributed by atoms with Crippen molar-refractivity contribution in [3.05, 3.63) is 29.8 Å². The SMILES string of the molecule is CC[C@H](N)c1ccccc1N(CC(F)(F)F)C(C)C. The van der Waals surface area contributed by atoms with Gasteiger partial charge in [-0.05, 0) is 31.9 Å². The van der Waals surface area contributed by atoms with E-state index >= 15 is 0 Å². The Kier molecular flexibility index (Phi) is 5.23. The van der Waals surface area contributed by atoms with Gasteiger partial charge in [0.15, 0.2) is 0 Å². The van der Waals surface area contributed by atoms with Crippen molar-refractivity contribution < 1.29 is 13.2 Å². The van der Waals surface area contributed by atoms with Crippen molar-refractivity contribution in [2.24, 2.45) is 5.73 Å². The zero-order chi connectivity index (χ0) is 14.6. The van der Waals surface area contributed by atoms with E-state index in [-0.39, 0.29) is 12.1 Å². The molecule has 0 unspecified atom stereocenters. The van der Waals surface area contributed by atoms with Gasteiger partial charge >= 0.3 is 6.18 Å². The zero-order valence-electron chi connectivity index (χ0n) is 11.5. The number of nitrogens with two attached hydrogens (primary N) is 1. The minimum absolute atomic E-state index is 0.244. The van der Waals surface area contributed by atoms with Crippen LogP contribution in [0.3, 0.4) is 0 Å².